The van der Waals surface area contributed by atoms with Crippen molar-refractivity contribution in [3.8, 4) is 17.0 Å². The van der Waals surface area contributed by atoms with Crippen molar-refractivity contribution in [2.24, 2.45) is 11.8 Å². The maximum Gasteiger partial charge on any atom is 0.118 e. The van der Waals surface area contributed by atoms with Crippen molar-refractivity contribution < 1.29 is 4.74 Å². The Labute approximate surface area is 166 Å². The first-order valence-corrected chi connectivity index (χ1v) is 10.0. The molecular weight excluding hydrogens is 348 g/mol. The van der Waals surface area contributed by atoms with Crippen molar-refractivity contribution in [3.63, 3.8) is 0 Å². The van der Waals surface area contributed by atoms with E-state index in [2.05, 4.69) is 51.7 Å². The van der Waals surface area contributed by atoms with E-state index in [4.69, 9.17) is 9.72 Å². The smallest absolute Gasteiger partial charge is 0.118 e. The van der Waals surface area contributed by atoms with Gasteiger partial charge in [0, 0.05) is 43.9 Å². The van der Waals surface area contributed by atoms with Crippen LogP contribution >= 0.6 is 0 Å². The molecule has 2 atom stereocenters. The van der Waals surface area contributed by atoms with E-state index in [9.17, 15) is 0 Å². The molecule has 1 aromatic carbocycles. The third-order valence-corrected chi connectivity index (χ3v) is 6.17. The highest BCUT2D eigenvalue weighted by molar-refractivity contribution is 5.60. The molecule has 4 heterocycles. The molecule has 1 saturated heterocycles. The second-order valence-corrected chi connectivity index (χ2v) is 8.09. The van der Waals surface area contributed by atoms with Crippen molar-refractivity contribution >= 4 is 0 Å². The number of ether oxygens (including phenoxy) is 1. The lowest BCUT2D eigenvalue weighted by atomic mass is 9.89. The molecule has 5 nitrogen and oxygen atoms in total. The van der Waals surface area contributed by atoms with Crippen molar-refractivity contribution in [1.29, 1.82) is 0 Å². The number of aryl methyl sites for hydroxylation is 1. The average molecular weight is 374 g/mol. The van der Waals surface area contributed by atoms with Gasteiger partial charge in [-0.15, -0.1) is 0 Å². The first kappa shape index (κ1) is 17.4. The molecule has 0 unspecified atom stereocenters. The zero-order chi connectivity index (χ0) is 19.1. The minimum Gasteiger partial charge on any atom is -0.497 e. The minimum absolute atomic E-state index is 0.684. The zero-order valence-corrected chi connectivity index (χ0v) is 16.5. The molecule has 28 heavy (non-hydrogen) atoms. The van der Waals surface area contributed by atoms with Gasteiger partial charge in [0.1, 0.15) is 11.6 Å². The van der Waals surface area contributed by atoms with E-state index < -0.39 is 0 Å². The Morgan fingerprint density at radius 3 is 2.64 bits per heavy atom. The molecule has 1 fully saturated rings. The normalized spacial score (nSPS) is 21.4. The van der Waals surface area contributed by atoms with E-state index in [-0.39, 0.29) is 0 Å². The number of hydrogen-bond donors (Lipinski definition) is 0. The fourth-order valence-electron chi connectivity index (χ4n) is 4.76. The third kappa shape index (κ3) is 3.20. The van der Waals surface area contributed by atoms with Crippen LogP contribution in [0.4, 0.5) is 0 Å². The van der Waals surface area contributed by atoms with Crippen molar-refractivity contribution in [3.05, 3.63) is 65.9 Å². The molecule has 144 valence electrons. The first-order valence-electron chi connectivity index (χ1n) is 10.0. The van der Waals surface area contributed by atoms with Crippen LogP contribution in [0.5, 0.6) is 5.75 Å². The topological polar surface area (TPSA) is 43.2 Å². The maximum atomic E-state index is 5.29. The number of rotatable bonds is 4. The Morgan fingerprint density at radius 1 is 1.04 bits per heavy atom. The Bertz CT molecular complexity index is 979. The summed E-state index contributed by atoms with van der Waals surface area (Å²) >= 11 is 0. The van der Waals surface area contributed by atoms with Crippen LogP contribution in [0.15, 0.2) is 48.7 Å². The summed E-state index contributed by atoms with van der Waals surface area (Å²) in [5, 5.41) is 0. The predicted molar refractivity (Wildman–Crippen MR) is 109 cm³/mol. The summed E-state index contributed by atoms with van der Waals surface area (Å²) < 4.78 is 7.72. The van der Waals surface area contributed by atoms with Gasteiger partial charge < -0.3 is 9.30 Å². The number of likely N-dealkylation sites (tertiary alicyclic amines) is 1. The van der Waals surface area contributed by atoms with Crippen LogP contribution < -0.4 is 4.74 Å². The average Bonchev–Trinajstić information content (AvgIpc) is 3.28. The van der Waals surface area contributed by atoms with Crippen LogP contribution in [0.25, 0.3) is 11.3 Å². The highest BCUT2D eigenvalue weighted by Gasteiger charge is 2.38. The Morgan fingerprint density at radius 2 is 1.86 bits per heavy atom. The van der Waals surface area contributed by atoms with Crippen LogP contribution in [-0.2, 0) is 19.5 Å². The standard InChI is InChI=1S/C23H26N4O/c1-16-4-3-5-20(25-16)15-26-12-18-10-23-24-11-22(27(23)14-19(18)13-26)17-6-8-21(28-2)9-7-17/h3-9,11,18-19H,10,12-15H2,1-2H3/t18-,19+/m0/s1. The minimum atomic E-state index is 0.684. The molecule has 0 radical (unpaired) electrons. The molecule has 0 aliphatic carbocycles. The number of fused-ring (bicyclic) bond motifs is 2. The van der Waals surface area contributed by atoms with E-state index in [1.165, 1.54) is 22.8 Å². The SMILES string of the molecule is COc1ccc(-c2cnc3n2C[C@H]2CN(Cc4cccc(C)n4)C[C@@H]2C3)cc1. The first-order chi connectivity index (χ1) is 13.7. The van der Waals surface area contributed by atoms with Gasteiger partial charge in [0.05, 0.1) is 24.7 Å². The molecular formula is C23H26N4O. The summed E-state index contributed by atoms with van der Waals surface area (Å²) in [6.07, 6.45) is 3.10. The molecule has 2 aliphatic rings. The van der Waals surface area contributed by atoms with Crippen LogP contribution in [0.1, 0.15) is 17.2 Å². The lowest BCUT2D eigenvalue weighted by molar-refractivity contribution is 0.304. The number of hydrogen-bond acceptors (Lipinski definition) is 4. The van der Waals surface area contributed by atoms with Gasteiger partial charge >= 0.3 is 0 Å². The third-order valence-electron chi connectivity index (χ3n) is 6.17. The van der Waals surface area contributed by atoms with Crippen molar-refractivity contribution in [2.75, 3.05) is 20.2 Å². The van der Waals surface area contributed by atoms with Gasteiger partial charge in [-0.05, 0) is 55.2 Å². The predicted octanol–water partition coefficient (Wildman–Crippen LogP) is 3.57. The monoisotopic (exact) mass is 374 g/mol. The molecule has 0 saturated carbocycles. The number of methoxy groups -OCH3 is 1. The van der Waals surface area contributed by atoms with E-state index in [0.29, 0.717) is 11.8 Å². The molecule has 0 bridgehead atoms. The molecule has 2 aliphatic heterocycles. The largest absolute Gasteiger partial charge is 0.497 e. The highest BCUT2D eigenvalue weighted by Crippen LogP contribution is 2.36. The summed E-state index contributed by atoms with van der Waals surface area (Å²) in [7, 11) is 1.70. The fraction of sp³-hybridized carbons (Fsp3) is 0.391. The van der Waals surface area contributed by atoms with Crippen LogP contribution in [0.2, 0.25) is 0 Å². The van der Waals surface area contributed by atoms with Crippen LogP contribution in [0, 0.1) is 18.8 Å². The summed E-state index contributed by atoms with van der Waals surface area (Å²) in [5.74, 6) is 3.49. The van der Waals surface area contributed by atoms with E-state index >= 15 is 0 Å². The summed E-state index contributed by atoms with van der Waals surface area (Å²) in [6, 6.07) is 14.6. The fourth-order valence-corrected chi connectivity index (χ4v) is 4.76. The molecule has 0 N–H and O–H groups in total. The lowest BCUT2D eigenvalue weighted by Crippen LogP contribution is -2.28. The Balaban J connectivity index is 1.33. The quantitative estimate of drug-likeness (QED) is 0.700. The maximum absolute atomic E-state index is 5.29. The summed E-state index contributed by atoms with van der Waals surface area (Å²) in [5.41, 5.74) is 4.69. The second kappa shape index (κ2) is 7.06. The van der Waals surface area contributed by atoms with E-state index in [1.54, 1.807) is 7.11 Å². The van der Waals surface area contributed by atoms with Gasteiger partial charge in [-0.1, -0.05) is 6.07 Å². The highest BCUT2D eigenvalue weighted by atomic mass is 16.5. The molecule has 5 heteroatoms. The number of pyridine rings is 1. The number of aromatic nitrogens is 3. The molecule has 0 spiro atoms. The molecule has 5 rings (SSSR count). The van der Waals surface area contributed by atoms with Gasteiger partial charge in [0.25, 0.3) is 0 Å². The van der Waals surface area contributed by atoms with Gasteiger partial charge in [0.2, 0.25) is 0 Å². The van der Waals surface area contributed by atoms with Gasteiger partial charge in [-0.25, -0.2) is 4.98 Å². The number of nitrogens with zero attached hydrogens (tertiary/aromatic N) is 4. The van der Waals surface area contributed by atoms with E-state index in [1.807, 2.05) is 18.3 Å². The van der Waals surface area contributed by atoms with Crippen LogP contribution in [-0.4, -0.2) is 39.6 Å². The number of benzene rings is 1. The number of imidazole rings is 1. The van der Waals surface area contributed by atoms with Crippen LogP contribution in [0.3, 0.4) is 0 Å². The summed E-state index contributed by atoms with van der Waals surface area (Å²) in [6.45, 7) is 6.35. The van der Waals surface area contributed by atoms with Gasteiger partial charge in [-0.2, -0.15) is 0 Å². The zero-order valence-electron chi connectivity index (χ0n) is 16.5. The molecule has 0 amide bonds. The second-order valence-electron chi connectivity index (χ2n) is 8.09. The molecule has 2 aromatic heterocycles. The van der Waals surface area contributed by atoms with Gasteiger partial charge in [-0.3, -0.25) is 9.88 Å². The lowest BCUT2D eigenvalue weighted by Gasteiger charge is -2.27. The Kier molecular flexibility index (Phi) is 4.40. The summed E-state index contributed by atoms with van der Waals surface area (Å²) in [4.78, 5) is 12.0. The van der Waals surface area contributed by atoms with Crippen molar-refractivity contribution in [1.82, 2.24) is 19.4 Å². The van der Waals surface area contributed by atoms with E-state index in [0.717, 1.165) is 44.0 Å². The van der Waals surface area contributed by atoms with Gasteiger partial charge in [0.15, 0.2) is 0 Å². The molecule has 3 aromatic rings. The van der Waals surface area contributed by atoms with Crippen molar-refractivity contribution in [2.45, 2.75) is 26.4 Å². The Hall–Kier alpha value is -2.66.